The average molecular weight is 156 g/mol. The van der Waals surface area contributed by atoms with Crippen LogP contribution < -0.4 is 0 Å². The van der Waals surface area contributed by atoms with Crippen LogP contribution in [0.15, 0.2) is 0 Å². The molecule has 11 heavy (non-hydrogen) atoms. The van der Waals surface area contributed by atoms with Crippen molar-refractivity contribution < 1.29 is 14.3 Å². The lowest BCUT2D eigenvalue weighted by molar-refractivity contribution is -0.149. The lowest BCUT2D eigenvalue weighted by Gasteiger charge is -2.09. The molecule has 1 aliphatic carbocycles. The van der Waals surface area contributed by atoms with Crippen LogP contribution in [0.3, 0.4) is 0 Å². The topological polar surface area (TPSA) is 43.4 Å². The zero-order valence-corrected chi connectivity index (χ0v) is 6.79. The molecule has 0 aliphatic heterocycles. The van der Waals surface area contributed by atoms with Crippen LogP contribution in [0.4, 0.5) is 0 Å². The van der Waals surface area contributed by atoms with E-state index in [0.29, 0.717) is 6.42 Å². The van der Waals surface area contributed by atoms with Gasteiger partial charge in [-0.15, -0.1) is 0 Å². The first kappa shape index (κ1) is 8.24. The Labute approximate surface area is 65.7 Å². The lowest BCUT2D eigenvalue weighted by atomic mass is 9.98. The van der Waals surface area contributed by atoms with Crippen molar-refractivity contribution in [2.75, 3.05) is 7.11 Å². The molecule has 3 nitrogen and oxygen atoms in total. The zero-order valence-electron chi connectivity index (χ0n) is 6.79. The maximum atomic E-state index is 11.1. The van der Waals surface area contributed by atoms with E-state index < -0.39 is 5.92 Å². The van der Waals surface area contributed by atoms with E-state index in [1.807, 2.05) is 6.92 Å². The summed E-state index contributed by atoms with van der Waals surface area (Å²) in [6.07, 6.45) is 1.35. The minimum absolute atomic E-state index is 0.0318. The number of Topliss-reactive ketones (excluding diaryl/α,β-unsaturated/α-hetero) is 1. The van der Waals surface area contributed by atoms with E-state index in [0.717, 1.165) is 6.42 Å². The zero-order chi connectivity index (χ0) is 8.43. The van der Waals surface area contributed by atoms with Gasteiger partial charge in [-0.2, -0.15) is 0 Å². The molecule has 1 unspecified atom stereocenters. The first-order chi connectivity index (χ1) is 5.16. The van der Waals surface area contributed by atoms with Crippen molar-refractivity contribution in [2.45, 2.75) is 19.8 Å². The van der Waals surface area contributed by atoms with Crippen molar-refractivity contribution in [3.8, 4) is 0 Å². The Balaban J connectivity index is 2.68. The smallest absolute Gasteiger partial charge is 0.316 e. The third-order valence-corrected chi connectivity index (χ3v) is 2.22. The molecule has 0 saturated heterocycles. The number of ketones is 1. The molecule has 1 saturated carbocycles. The first-order valence-electron chi connectivity index (χ1n) is 3.77. The van der Waals surface area contributed by atoms with Gasteiger partial charge in [-0.05, 0) is 12.3 Å². The second-order valence-corrected chi connectivity index (χ2v) is 2.98. The van der Waals surface area contributed by atoms with Gasteiger partial charge in [0.25, 0.3) is 0 Å². The SMILES string of the molecule is COC(=O)C1C(=O)CC[C@H]1C. The maximum absolute atomic E-state index is 11.1. The second kappa shape index (κ2) is 3.03. The van der Waals surface area contributed by atoms with Gasteiger partial charge in [0.05, 0.1) is 7.11 Å². The van der Waals surface area contributed by atoms with Gasteiger partial charge in [0.2, 0.25) is 0 Å². The number of hydrogen-bond acceptors (Lipinski definition) is 3. The van der Waals surface area contributed by atoms with Crippen molar-refractivity contribution >= 4 is 11.8 Å². The molecule has 3 heteroatoms. The molecule has 0 aromatic carbocycles. The van der Waals surface area contributed by atoms with E-state index in [4.69, 9.17) is 0 Å². The van der Waals surface area contributed by atoms with Crippen molar-refractivity contribution in [2.24, 2.45) is 11.8 Å². The summed E-state index contributed by atoms with van der Waals surface area (Å²) in [5.41, 5.74) is 0. The van der Waals surface area contributed by atoms with Gasteiger partial charge in [-0.1, -0.05) is 6.92 Å². The third kappa shape index (κ3) is 1.42. The Morgan fingerprint density at radius 1 is 1.64 bits per heavy atom. The Hall–Kier alpha value is -0.860. The molecule has 1 fully saturated rings. The van der Waals surface area contributed by atoms with Crippen LogP contribution in [0.5, 0.6) is 0 Å². The molecular weight excluding hydrogens is 144 g/mol. The quantitative estimate of drug-likeness (QED) is 0.416. The average Bonchev–Trinajstić information content (AvgIpc) is 2.30. The minimum atomic E-state index is -0.486. The summed E-state index contributed by atoms with van der Waals surface area (Å²) in [4.78, 5) is 22.1. The highest BCUT2D eigenvalue weighted by Crippen LogP contribution is 2.28. The highest BCUT2D eigenvalue weighted by Gasteiger charge is 2.37. The number of methoxy groups -OCH3 is 1. The number of esters is 1. The summed E-state index contributed by atoms with van der Waals surface area (Å²) in [7, 11) is 1.32. The molecule has 0 radical (unpaired) electrons. The summed E-state index contributed by atoms with van der Waals surface area (Å²) < 4.78 is 4.52. The van der Waals surface area contributed by atoms with Crippen LogP contribution in [0.25, 0.3) is 0 Å². The Kier molecular flexibility index (Phi) is 2.27. The number of carbonyl (C=O) groups excluding carboxylic acids is 2. The van der Waals surface area contributed by atoms with E-state index in [9.17, 15) is 9.59 Å². The standard InChI is InChI=1S/C8H12O3/c1-5-3-4-6(9)7(5)8(10)11-2/h5,7H,3-4H2,1-2H3/t5-,7?/m1/s1. The summed E-state index contributed by atoms with van der Waals surface area (Å²) in [6.45, 7) is 1.91. The van der Waals surface area contributed by atoms with Crippen molar-refractivity contribution in [1.29, 1.82) is 0 Å². The lowest BCUT2D eigenvalue weighted by Crippen LogP contribution is -2.24. The van der Waals surface area contributed by atoms with E-state index >= 15 is 0 Å². The molecule has 0 aromatic rings. The van der Waals surface area contributed by atoms with Crippen LogP contribution in [-0.4, -0.2) is 18.9 Å². The van der Waals surface area contributed by atoms with Crippen LogP contribution in [0.1, 0.15) is 19.8 Å². The first-order valence-corrected chi connectivity index (χ1v) is 3.77. The normalized spacial score (nSPS) is 30.5. The number of rotatable bonds is 1. The molecule has 1 aliphatic rings. The van der Waals surface area contributed by atoms with Gasteiger partial charge in [0.15, 0.2) is 0 Å². The van der Waals surface area contributed by atoms with E-state index in [1.54, 1.807) is 0 Å². The third-order valence-electron chi connectivity index (χ3n) is 2.22. The minimum Gasteiger partial charge on any atom is -0.468 e. The summed E-state index contributed by atoms with van der Waals surface area (Å²) in [5.74, 6) is -0.667. The second-order valence-electron chi connectivity index (χ2n) is 2.98. The van der Waals surface area contributed by atoms with Crippen molar-refractivity contribution in [1.82, 2.24) is 0 Å². The van der Waals surface area contributed by atoms with Crippen LogP contribution in [-0.2, 0) is 14.3 Å². The molecule has 0 amide bonds. The number of carbonyl (C=O) groups is 2. The van der Waals surface area contributed by atoms with E-state index in [1.165, 1.54) is 7.11 Å². The van der Waals surface area contributed by atoms with Gasteiger partial charge in [0, 0.05) is 6.42 Å². The highest BCUT2D eigenvalue weighted by molar-refractivity contribution is 6.00. The monoisotopic (exact) mass is 156 g/mol. The molecule has 0 bridgehead atoms. The molecular formula is C8H12O3. The van der Waals surface area contributed by atoms with Gasteiger partial charge >= 0.3 is 5.97 Å². The van der Waals surface area contributed by atoms with Gasteiger partial charge < -0.3 is 4.74 Å². The van der Waals surface area contributed by atoms with Gasteiger partial charge in [-0.3, -0.25) is 9.59 Å². The molecule has 0 spiro atoms. The Morgan fingerprint density at radius 3 is 2.64 bits per heavy atom. The summed E-state index contributed by atoms with van der Waals surface area (Å²) in [6, 6.07) is 0. The molecule has 0 N–H and O–H groups in total. The molecule has 2 atom stereocenters. The van der Waals surface area contributed by atoms with E-state index in [-0.39, 0.29) is 17.7 Å². The fourth-order valence-corrected chi connectivity index (χ4v) is 1.50. The molecule has 62 valence electrons. The van der Waals surface area contributed by atoms with Crippen molar-refractivity contribution in [3.63, 3.8) is 0 Å². The van der Waals surface area contributed by atoms with Crippen LogP contribution in [0, 0.1) is 11.8 Å². The van der Waals surface area contributed by atoms with Crippen LogP contribution >= 0.6 is 0 Å². The number of ether oxygens (including phenoxy) is 1. The van der Waals surface area contributed by atoms with Crippen molar-refractivity contribution in [3.05, 3.63) is 0 Å². The predicted octanol–water partition coefficient (Wildman–Crippen LogP) is 0.775. The van der Waals surface area contributed by atoms with E-state index in [2.05, 4.69) is 4.74 Å². The molecule has 0 heterocycles. The summed E-state index contributed by atoms with van der Waals surface area (Å²) in [5, 5.41) is 0. The molecule has 1 rings (SSSR count). The summed E-state index contributed by atoms with van der Waals surface area (Å²) >= 11 is 0. The Morgan fingerprint density at radius 2 is 2.27 bits per heavy atom. The fraction of sp³-hybridized carbons (Fsp3) is 0.750. The highest BCUT2D eigenvalue weighted by atomic mass is 16.5. The largest absolute Gasteiger partial charge is 0.468 e. The maximum Gasteiger partial charge on any atom is 0.316 e. The predicted molar refractivity (Wildman–Crippen MR) is 38.9 cm³/mol. The number of hydrogen-bond donors (Lipinski definition) is 0. The Bertz CT molecular complexity index is 186. The molecule has 0 aromatic heterocycles. The fourth-order valence-electron chi connectivity index (χ4n) is 1.50. The van der Waals surface area contributed by atoms with Crippen LogP contribution in [0.2, 0.25) is 0 Å². The van der Waals surface area contributed by atoms with Gasteiger partial charge in [0.1, 0.15) is 11.7 Å². The van der Waals surface area contributed by atoms with Gasteiger partial charge in [-0.25, -0.2) is 0 Å².